The Bertz CT molecular complexity index is 349. The van der Waals surface area contributed by atoms with Gasteiger partial charge < -0.3 is 5.11 Å². The van der Waals surface area contributed by atoms with Crippen LogP contribution in [0.1, 0.15) is 31.5 Å². The van der Waals surface area contributed by atoms with E-state index in [-0.39, 0.29) is 6.61 Å². The van der Waals surface area contributed by atoms with Crippen LogP contribution in [-0.4, -0.2) is 19.9 Å². The zero-order valence-electron chi connectivity index (χ0n) is 8.84. The lowest BCUT2D eigenvalue weighted by molar-refractivity contribution is 0.241. The van der Waals surface area contributed by atoms with E-state index in [0.29, 0.717) is 5.82 Å². The Morgan fingerprint density at radius 1 is 1.40 bits per heavy atom. The van der Waals surface area contributed by atoms with Crippen molar-refractivity contribution in [3.05, 3.63) is 12.2 Å². The van der Waals surface area contributed by atoms with Gasteiger partial charge in [0.2, 0.25) is 0 Å². The minimum Gasteiger partial charge on any atom is -0.388 e. The molecule has 0 amide bonds. The molecule has 0 radical (unpaired) electrons. The predicted octanol–water partition coefficient (Wildman–Crippen LogP) is 1.21. The van der Waals surface area contributed by atoms with E-state index >= 15 is 0 Å². The standard InChI is InChI=1S/C11H17N3O/c15-6-11-12-7-13-14(11)5-10-4-8-1-2-9(10)3-8/h7-10,15H,1-6H2. The van der Waals surface area contributed by atoms with Crippen molar-refractivity contribution in [2.24, 2.45) is 17.8 Å². The van der Waals surface area contributed by atoms with Gasteiger partial charge in [-0.2, -0.15) is 5.10 Å². The van der Waals surface area contributed by atoms with Crippen molar-refractivity contribution in [1.82, 2.24) is 14.8 Å². The fourth-order valence-corrected chi connectivity index (χ4v) is 3.39. The number of nitrogens with zero attached hydrogens (tertiary/aromatic N) is 3. The lowest BCUT2D eigenvalue weighted by Crippen LogP contribution is -2.19. The van der Waals surface area contributed by atoms with Gasteiger partial charge in [0.1, 0.15) is 12.9 Å². The second-order valence-corrected chi connectivity index (χ2v) is 4.95. The molecule has 0 spiro atoms. The van der Waals surface area contributed by atoms with Crippen LogP contribution < -0.4 is 0 Å². The summed E-state index contributed by atoms with van der Waals surface area (Å²) < 4.78 is 1.88. The lowest BCUT2D eigenvalue weighted by Gasteiger charge is -2.21. The van der Waals surface area contributed by atoms with E-state index < -0.39 is 0 Å². The second kappa shape index (κ2) is 3.59. The Kier molecular flexibility index (Phi) is 2.24. The van der Waals surface area contributed by atoms with Gasteiger partial charge in [-0.05, 0) is 37.0 Å². The van der Waals surface area contributed by atoms with E-state index in [1.54, 1.807) is 6.33 Å². The van der Waals surface area contributed by atoms with Gasteiger partial charge in [-0.1, -0.05) is 6.42 Å². The van der Waals surface area contributed by atoms with Gasteiger partial charge in [-0.15, -0.1) is 0 Å². The quantitative estimate of drug-likeness (QED) is 0.810. The average Bonchev–Trinajstić information content (AvgIpc) is 2.92. The molecule has 3 atom stereocenters. The Balaban J connectivity index is 1.70. The summed E-state index contributed by atoms with van der Waals surface area (Å²) in [6.07, 6.45) is 7.16. The number of fused-ring (bicyclic) bond motifs is 2. The fraction of sp³-hybridized carbons (Fsp3) is 0.818. The summed E-state index contributed by atoms with van der Waals surface area (Å²) >= 11 is 0. The van der Waals surface area contributed by atoms with Crippen LogP contribution in [0.15, 0.2) is 6.33 Å². The zero-order valence-corrected chi connectivity index (χ0v) is 8.84. The lowest BCUT2D eigenvalue weighted by atomic mass is 9.89. The van der Waals surface area contributed by atoms with Crippen LogP contribution >= 0.6 is 0 Å². The van der Waals surface area contributed by atoms with Crippen molar-refractivity contribution < 1.29 is 5.11 Å². The molecule has 2 bridgehead atoms. The molecule has 82 valence electrons. The number of aliphatic hydroxyl groups excluding tert-OH is 1. The molecule has 0 saturated heterocycles. The van der Waals surface area contributed by atoms with E-state index in [4.69, 9.17) is 5.11 Å². The maximum Gasteiger partial charge on any atom is 0.152 e. The van der Waals surface area contributed by atoms with Crippen LogP contribution in [0.4, 0.5) is 0 Å². The van der Waals surface area contributed by atoms with Crippen LogP contribution in [0, 0.1) is 17.8 Å². The monoisotopic (exact) mass is 207 g/mol. The molecule has 4 nitrogen and oxygen atoms in total. The van der Waals surface area contributed by atoms with E-state index in [2.05, 4.69) is 10.1 Å². The van der Waals surface area contributed by atoms with Gasteiger partial charge in [-0.3, -0.25) is 0 Å². The Labute approximate surface area is 89.3 Å². The summed E-state index contributed by atoms with van der Waals surface area (Å²) in [5, 5.41) is 13.3. The summed E-state index contributed by atoms with van der Waals surface area (Å²) in [7, 11) is 0. The second-order valence-electron chi connectivity index (χ2n) is 4.95. The molecule has 1 aromatic heterocycles. The zero-order chi connectivity index (χ0) is 10.3. The molecule has 3 rings (SSSR count). The molecule has 4 heteroatoms. The first-order valence-corrected chi connectivity index (χ1v) is 5.84. The van der Waals surface area contributed by atoms with Crippen molar-refractivity contribution >= 4 is 0 Å². The van der Waals surface area contributed by atoms with E-state index in [9.17, 15) is 0 Å². The molecule has 15 heavy (non-hydrogen) atoms. The number of hydrogen-bond acceptors (Lipinski definition) is 3. The fourth-order valence-electron chi connectivity index (χ4n) is 3.39. The molecule has 1 aromatic rings. The minimum absolute atomic E-state index is 0.000809. The first-order chi connectivity index (χ1) is 7.36. The average molecular weight is 207 g/mol. The molecule has 3 unspecified atom stereocenters. The molecule has 2 aliphatic rings. The van der Waals surface area contributed by atoms with E-state index in [1.807, 2.05) is 4.68 Å². The molecule has 1 N–H and O–H groups in total. The molecule has 2 fully saturated rings. The molecular formula is C11H17N3O. The van der Waals surface area contributed by atoms with Gasteiger partial charge in [-0.25, -0.2) is 9.67 Å². The number of hydrogen-bond donors (Lipinski definition) is 1. The van der Waals surface area contributed by atoms with Crippen molar-refractivity contribution in [3.63, 3.8) is 0 Å². The summed E-state index contributed by atoms with van der Waals surface area (Å²) in [5.74, 6) is 3.36. The van der Waals surface area contributed by atoms with Gasteiger partial charge in [0.25, 0.3) is 0 Å². The Hall–Kier alpha value is -0.900. The van der Waals surface area contributed by atoms with Crippen molar-refractivity contribution in [2.45, 2.75) is 38.8 Å². The van der Waals surface area contributed by atoms with Crippen LogP contribution in [0.5, 0.6) is 0 Å². The first-order valence-electron chi connectivity index (χ1n) is 5.84. The topological polar surface area (TPSA) is 50.9 Å². The molecule has 0 aromatic carbocycles. The highest BCUT2D eigenvalue weighted by Gasteiger charge is 2.39. The Morgan fingerprint density at radius 2 is 2.33 bits per heavy atom. The van der Waals surface area contributed by atoms with Crippen molar-refractivity contribution in [1.29, 1.82) is 0 Å². The predicted molar refractivity (Wildman–Crippen MR) is 54.9 cm³/mol. The summed E-state index contributed by atoms with van der Waals surface area (Å²) in [6, 6.07) is 0. The number of aromatic nitrogens is 3. The highest BCUT2D eigenvalue weighted by molar-refractivity contribution is 4.91. The maximum absolute atomic E-state index is 9.09. The van der Waals surface area contributed by atoms with E-state index in [1.165, 1.54) is 25.7 Å². The third-order valence-corrected chi connectivity index (χ3v) is 4.13. The number of aliphatic hydroxyl groups is 1. The summed E-state index contributed by atoms with van der Waals surface area (Å²) in [4.78, 5) is 4.04. The molecule has 2 aliphatic carbocycles. The van der Waals surface area contributed by atoms with E-state index in [0.717, 1.165) is 24.3 Å². The van der Waals surface area contributed by atoms with Crippen LogP contribution in [0.25, 0.3) is 0 Å². The largest absolute Gasteiger partial charge is 0.388 e. The first kappa shape index (κ1) is 9.33. The van der Waals surface area contributed by atoms with Crippen molar-refractivity contribution in [2.75, 3.05) is 0 Å². The summed E-state index contributed by atoms with van der Waals surface area (Å²) in [6.45, 7) is 0.956. The molecule has 2 saturated carbocycles. The summed E-state index contributed by atoms with van der Waals surface area (Å²) in [5.41, 5.74) is 0. The third-order valence-electron chi connectivity index (χ3n) is 4.13. The van der Waals surface area contributed by atoms with Crippen LogP contribution in [-0.2, 0) is 13.2 Å². The Morgan fingerprint density at radius 3 is 3.00 bits per heavy atom. The van der Waals surface area contributed by atoms with Crippen molar-refractivity contribution in [3.8, 4) is 0 Å². The SMILES string of the molecule is OCc1ncnn1CC1CC2CCC1C2. The minimum atomic E-state index is 0.000809. The molecule has 1 heterocycles. The van der Waals surface area contributed by atoms with Crippen LogP contribution in [0.3, 0.4) is 0 Å². The van der Waals surface area contributed by atoms with Gasteiger partial charge in [0.15, 0.2) is 5.82 Å². The van der Waals surface area contributed by atoms with Gasteiger partial charge >= 0.3 is 0 Å². The highest BCUT2D eigenvalue weighted by atomic mass is 16.3. The van der Waals surface area contributed by atoms with Gasteiger partial charge in [0.05, 0.1) is 0 Å². The normalized spacial score (nSPS) is 33.8. The smallest absolute Gasteiger partial charge is 0.152 e. The highest BCUT2D eigenvalue weighted by Crippen LogP contribution is 2.48. The molecular weight excluding hydrogens is 190 g/mol. The van der Waals surface area contributed by atoms with Crippen LogP contribution in [0.2, 0.25) is 0 Å². The maximum atomic E-state index is 9.09. The third kappa shape index (κ3) is 1.57. The molecule has 0 aliphatic heterocycles. The van der Waals surface area contributed by atoms with Gasteiger partial charge in [0, 0.05) is 6.54 Å². The number of rotatable bonds is 3.